The van der Waals surface area contributed by atoms with E-state index < -0.39 is 0 Å². The molecule has 0 bridgehead atoms. The number of piperazine rings is 1. The van der Waals surface area contributed by atoms with Gasteiger partial charge in [0.2, 0.25) is 0 Å². The van der Waals surface area contributed by atoms with E-state index in [0.29, 0.717) is 0 Å². The second-order valence-corrected chi connectivity index (χ2v) is 5.67. The summed E-state index contributed by atoms with van der Waals surface area (Å²) in [5, 5.41) is 2.20. The van der Waals surface area contributed by atoms with Gasteiger partial charge in [0.15, 0.2) is 0 Å². The Morgan fingerprint density at radius 2 is 2.00 bits per heavy atom. The zero-order chi connectivity index (χ0) is 13.4. The van der Waals surface area contributed by atoms with Gasteiger partial charge in [-0.3, -0.25) is 4.98 Å². The second kappa shape index (κ2) is 4.98. The van der Waals surface area contributed by atoms with E-state index in [0.717, 1.165) is 43.0 Å². The molecular formula is C13H18ClN5. The van der Waals surface area contributed by atoms with Crippen molar-refractivity contribution >= 4 is 22.6 Å². The highest BCUT2D eigenvalue weighted by Gasteiger charge is 2.22. The number of likely N-dealkylation sites (N-methyl/N-ethyl adjacent to an activating group) is 1. The molecule has 19 heavy (non-hydrogen) atoms. The van der Waals surface area contributed by atoms with Gasteiger partial charge >= 0.3 is 0 Å². The first-order valence-electron chi connectivity index (χ1n) is 6.57. The summed E-state index contributed by atoms with van der Waals surface area (Å²) >= 11 is 6.29. The first-order chi connectivity index (χ1) is 9.16. The van der Waals surface area contributed by atoms with Crippen LogP contribution in [0.1, 0.15) is 18.1 Å². The van der Waals surface area contributed by atoms with Crippen molar-refractivity contribution in [3.63, 3.8) is 0 Å². The topological polar surface area (TPSA) is 37.2 Å². The number of nitrogens with zero attached hydrogens (tertiary/aromatic N) is 5. The number of rotatable bonds is 2. The SMILES string of the molecule is CC(Cl)c1nc2cnccc2n1N1CCN(C)CC1. The van der Waals surface area contributed by atoms with Gasteiger partial charge in [-0.2, -0.15) is 0 Å². The molecule has 6 heteroatoms. The fourth-order valence-electron chi connectivity index (χ4n) is 2.49. The van der Waals surface area contributed by atoms with Crippen molar-refractivity contribution in [2.75, 3.05) is 38.2 Å². The third-order valence-electron chi connectivity index (χ3n) is 3.58. The van der Waals surface area contributed by atoms with Gasteiger partial charge < -0.3 is 9.91 Å². The summed E-state index contributed by atoms with van der Waals surface area (Å²) in [7, 11) is 2.15. The lowest BCUT2D eigenvalue weighted by Crippen LogP contribution is -2.50. The second-order valence-electron chi connectivity index (χ2n) is 5.02. The van der Waals surface area contributed by atoms with Gasteiger partial charge in [-0.1, -0.05) is 0 Å². The number of imidazole rings is 1. The molecule has 3 rings (SSSR count). The zero-order valence-corrected chi connectivity index (χ0v) is 12.0. The maximum Gasteiger partial charge on any atom is 0.146 e. The van der Waals surface area contributed by atoms with E-state index in [2.05, 4.69) is 31.6 Å². The minimum atomic E-state index is -0.118. The van der Waals surface area contributed by atoms with Crippen molar-refractivity contribution < 1.29 is 0 Å². The van der Waals surface area contributed by atoms with Crippen LogP contribution < -0.4 is 5.01 Å². The van der Waals surface area contributed by atoms with Crippen LogP contribution in [0.4, 0.5) is 0 Å². The summed E-state index contributed by atoms with van der Waals surface area (Å²) in [6, 6.07) is 2.00. The van der Waals surface area contributed by atoms with Crippen molar-refractivity contribution in [1.82, 2.24) is 19.5 Å². The number of hydrogen-bond donors (Lipinski definition) is 0. The Balaban J connectivity index is 2.07. The number of pyridine rings is 1. The van der Waals surface area contributed by atoms with Crippen LogP contribution in [0.2, 0.25) is 0 Å². The molecule has 5 nitrogen and oxygen atoms in total. The van der Waals surface area contributed by atoms with E-state index in [4.69, 9.17) is 11.6 Å². The molecule has 3 heterocycles. The predicted octanol–water partition coefficient (Wildman–Crippen LogP) is 1.61. The lowest BCUT2D eigenvalue weighted by Gasteiger charge is -2.35. The Morgan fingerprint density at radius 1 is 1.26 bits per heavy atom. The van der Waals surface area contributed by atoms with E-state index in [-0.39, 0.29) is 5.38 Å². The quantitative estimate of drug-likeness (QED) is 0.783. The van der Waals surface area contributed by atoms with Crippen LogP contribution in [0.3, 0.4) is 0 Å². The van der Waals surface area contributed by atoms with Gasteiger partial charge in [0, 0.05) is 32.4 Å². The zero-order valence-electron chi connectivity index (χ0n) is 11.3. The average molecular weight is 280 g/mol. The van der Waals surface area contributed by atoms with Crippen molar-refractivity contribution in [1.29, 1.82) is 0 Å². The Kier molecular flexibility index (Phi) is 3.33. The van der Waals surface area contributed by atoms with Gasteiger partial charge in [0.05, 0.1) is 17.1 Å². The summed E-state index contributed by atoms with van der Waals surface area (Å²) in [6.07, 6.45) is 3.60. The molecule has 102 valence electrons. The molecule has 2 aromatic heterocycles. The standard InChI is InChI=1S/C13H18ClN5/c1-10(14)13-16-11-9-15-4-3-12(11)19(13)18-7-5-17(2)6-8-18/h3-4,9-10H,5-8H2,1-2H3. The first-order valence-corrected chi connectivity index (χ1v) is 7.00. The largest absolute Gasteiger partial charge is 0.308 e. The van der Waals surface area contributed by atoms with Crippen molar-refractivity contribution in [2.24, 2.45) is 0 Å². The van der Waals surface area contributed by atoms with Gasteiger partial charge in [-0.05, 0) is 20.0 Å². The number of alkyl halides is 1. The minimum Gasteiger partial charge on any atom is -0.308 e. The summed E-state index contributed by atoms with van der Waals surface area (Å²) in [4.78, 5) is 11.1. The molecular weight excluding hydrogens is 262 g/mol. The first kappa shape index (κ1) is 12.7. The van der Waals surface area contributed by atoms with Crippen LogP contribution in [0.25, 0.3) is 11.0 Å². The van der Waals surface area contributed by atoms with Gasteiger partial charge in [0.1, 0.15) is 11.3 Å². The van der Waals surface area contributed by atoms with E-state index in [9.17, 15) is 0 Å². The highest BCUT2D eigenvalue weighted by Crippen LogP contribution is 2.24. The highest BCUT2D eigenvalue weighted by atomic mass is 35.5. The molecule has 0 radical (unpaired) electrons. The maximum atomic E-state index is 6.29. The lowest BCUT2D eigenvalue weighted by atomic mass is 10.3. The van der Waals surface area contributed by atoms with Crippen LogP contribution in [-0.2, 0) is 0 Å². The third kappa shape index (κ3) is 2.28. The smallest absolute Gasteiger partial charge is 0.146 e. The van der Waals surface area contributed by atoms with Crippen LogP contribution in [0, 0.1) is 0 Å². The summed E-state index contributed by atoms with van der Waals surface area (Å²) in [5.74, 6) is 0.897. The van der Waals surface area contributed by atoms with Gasteiger partial charge in [-0.15, -0.1) is 11.6 Å². The van der Waals surface area contributed by atoms with Crippen molar-refractivity contribution in [3.8, 4) is 0 Å². The number of fused-ring (bicyclic) bond motifs is 1. The Labute approximate surface area is 117 Å². The third-order valence-corrected chi connectivity index (χ3v) is 3.77. The Hall–Kier alpha value is -1.33. The van der Waals surface area contributed by atoms with Crippen LogP contribution in [0.15, 0.2) is 18.5 Å². The Bertz CT molecular complexity index is 571. The van der Waals surface area contributed by atoms with Gasteiger partial charge in [-0.25, -0.2) is 9.66 Å². The highest BCUT2D eigenvalue weighted by molar-refractivity contribution is 6.20. The molecule has 1 aliphatic rings. The molecule has 1 atom stereocenters. The van der Waals surface area contributed by atoms with Gasteiger partial charge in [0.25, 0.3) is 0 Å². The molecule has 0 amide bonds. The fraction of sp³-hybridized carbons (Fsp3) is 0.538. The van der Waals surface area contributed by atoms with Crippen LogP contribution in [-0.4, -0.2) is 52.8 Å². The van der Waals surface area contributed by atoms with Crippen molar-refractivity contribution in [2.45, 2.75) is 12.3 Å². The minimum absolute atomic E-state index is 0.118. The van der Waals surface area contributed by atoms with E-state index in [1.165, 1.54) is 0 Å². The molecule has 0 aliphatic carbocycles. The monoisotopic (exact) mass is 279 g/mol. The molecule has 0 saturated carbocycles. The number of aromatic nitrogens is 3. The number of halogens is 1. The molecule has 0 aromatic carbocycles. The molecule has 1 aliphatic heterocycles. The molecule has 1 saturated heterocycles. The lowest BCUT2D eigenvalue weighted by molar-refractivity contribution is 0.287. The normalized spacial score (nSPS) is 19.0. The van der Waals surface area contributed by atoms with E-state index in [1.807, 2.05) is 13.0 Å². The summed E-state index contributed by atoms with van der Waals surface area (Å²) < 4.78 is 2.17. The molecule has 1 fully saturated rings. The predicted molar refractivity (Wildman–Crippen MR) is 77.2 cm³/mol. The maximum absolute atomic E-state index is 6.29. The summed E-state index contributed by atoms with van der Waals surface area (Å²) in [5.41, 5.74) is 1.99. The molecule has 2 aromatic rings. The Morgan fingerprint density at radius 3 is 2.68 bits per heavy atom. The van der Waals surface area contributed by atoms with Crippen LogP contribution in [0.5, 0.6) is 0 Å². The average Bonchev–Trinajstić information content (AvgIpc) is 2.79. The molecule has 0 spiro atoms. The number of hydrogen-bond acceptors (Lipinski definition) is 4. The van der Waals surface area contributed by atoms with Crippen LogP contribution >= 0.6 is 11.6 Å². The summed E-state index contributed by atoms with van der Waals surface area (Å²) in [6.45, 7) is 6.05. The van der Waals surface area contributed by atoms with E-state index >= 15 is 0 Å². The molecule has 1 unspecified atom stereocenters. The fourth-order valence-corrected chi connectivity index (χ4v) is 2.63. The molecule has 0 N–H and O–H groups in total. The van der Waals surface area contributed by atoms with E-state index in [1.54, 1.807) is 12.4 Å². The van der Waals surface area contributed by atoms with Crippen molar-refractivity contribution in [3.05, 3.63) is 24.3 Å².